The molecule has 5 rings (SSSR count). The predicted octanol–water partition coefficient (Wildman–Crippen LogP) is 3.74. The first-order valence-corrected chi connectivity index (χ1v) is 13.5. The molecule has 3 aromatic rings. The molecule has 4 atom stereocenters. The van der Waals surface area contributed by atoms with E-state index in [0.29, 0.717) is 41.7 Å². The van der Waals surface area contributed by atoms with Crippen molar-refractivity contribution in [2.45, 2.75) is 31.3 Å². The van der Waals surface area contributed by atoms with Gasteiger partial charge in [0.1, 0.15) is 42.0 Å². The number of benzene rings is 2. The van der Waals surface area contributed by atoms with Crippen LogP contribution in [0.5, 0.6) is 5.75 Å². The number of nitrogens with zero attached hydrogens (tertiary/aromatic N) is 3. The highest BCUT2D eigenvalue weighted by Crippen LogP contribution is 2.37. The molecule has 0 amide bonds. The maximum atomic E-state index is 14.2. The van der Waals surface area contributed by atoms with E-state index in [1.54, 1.807) is 31.8 Å². The number of fused-ring (bicyclic) bond motifs is 2. The van der Waals surface area contributed by atoms with Gasteiger partial charge in [-0.05, 0) is 36.8 Å². The molecular weight excluding hydrogens is 475 g/mol. The van der Waals surface area contributed by atoms with Crippen LogP contribution in [0.3, 0.4) is 0 Å². The van der Waals surface area contributed by atoms with Crippen molar-refractivity contribution in [2.75, 3.05) is 38.2 Å². The van der Waals surface area contributed by atoms with Gasteiger partial charge in [0.15, 0.2) is 6.10 Å². The Labute approximate surface area is 203 Å². The Morgan fingerprint density at radius 1 is 1.11 bits per heavy atom. The molecule has 35 heavy (non-hydrogen) atoms. The van der Waals surface area contributed by atoms with Crippen molar-refractivity contribution in [3.05, 3.63) is 48.0 Å². The van der Waals surface area contributed by atoms with Crippen LogP contribution in [0, 0.1) is 12.7 Å². The van der Waals surface area contributed by atoms with Crippen molar-refractivity contribution in [3.8, 4) is 5.75 Å². The second kappa shape index (κ2) is 9.30. The molecule has 3 heterocycles. The van der Waals surface area contributed by atoms with Gasteiger partial charge in [-0.2, -0.15) is 4.36 Å². The van der Waals surface area contributed by atoms with E-state index in [9.17, 15) is 8.60 Å². The van der Waals surface area contributed by atoms with Crippen LogP contribution in [-0.2, 0) is 23.9 Å². The fraction of sp³-hybridized carbons (Fsp3) is 0.417. The molecule has 186 valence electrons. The van der Waals surface area contributed by atoms with E-state index in [4.69, 9.17) is 18.9 Å². The van der Waals surface area contributed by atoms with Crippen LogP contribution in [0.4, 0.5) is 21.6 Å². The lowest BCUT2D eigenvalue weighted by molar-refractivity contribution is -0.0138. The van der Waals surface area contributed by atoms with Crippen molar-refractivity contribution in [3.63, 3.8) is 0 Å². The molecule has 2 aromatic carbocycles. The standard InChI is InChI=1S/C24H27FN4O5S/c1-13-7-15(29-35(3,4)30)9-17-21(13)24(27-12-26-17)28-16-6-5-14(25)8-18(16)34-20-11-33-22-19(31-2)10-32-23(20)22/h5-9,12,19-20,22-23H,10-11H2,1-4H3,(H,26,27,28)/t19-,20-,22-,23-/m1/s1. The number of methoxy groups -OCH3 is 1. The Balaban J connectivity index is 1.46. The molecule has 0 aliphatic carbocycles. The van der Waals surface area contributed by atoms with Gasteiger partial charge in [-0.3, -0.25) is 0 Å². The van der Waals surface area contributed by atoms with Gasteiger partial charge in [-0.25, -0.2) is 18.6 Å². The molecule has 2 saturated heterocycles. The monoisotopic (exact) mass is 502 g/mol. The highest BCUT2D eigenvalue weighted by molar-refractivity contribution is 7.92. The van der Waals surface area contributed by atoms with Crippen molar-refractivity contribution in [1.29, 1.82) is 0 Å². The van der Waals surface area contributed by atoms with E-state index in [0.717, 1.165) is 10.9 Å². The van der Waals surface area contributed by atoms with Gasteiger partial charge in [0.05, 0.1) is 30.1 Å². The van der Waals surface area contributed by atoms with Crippen molar-refractivity contribution >= 4 is 37.8 Å². The third kappa shape index (κ3) is 4.94. The normalized spacial score (nSPS) is 23.9. The molecule has 11 heteroatoms. The summed E-state index contributed by atoms with van der Waals surface area (Å²) in [6.07, 6.45) is 3.52. The first-order chi connectivity index (χ1) is 16.7. The number of hydrogen-bond acceptors (Lipinski definition) is 9. The maximum absolute atomic E-state index is 14.2. The minimum atomic E-state index is -2.32. The van der Waals surface area contributed by atoms with Gasteiger partial charge in [0.25, 0.3) is 0 Å². The molecular formula is C24H27FN4O5S. The van der Waals surface area contributed by atoms with Crippen LogP contribution in [0.1, 0.15) is 5.56 Å². The van der Waals surface area contributed by atoms with E-state index >= 15 is 0 Å². The summed E-state index contributed by atoms with van der Waals surface area (Å²) in [5.74, 6) is 0.415. The molecule has 0 radical (unpaired) electrons. The predicted molar refractivity (Wildman–Crippen MR) is 131 cm³/mol. The first kappa shape index (κ1) is 23.9. The minimum Gasteiger partial charge on any atom is -0.483 e. The summed E-state index contributed by atoms with van der Waals surface area (Å²) in [5.41, 5.74) is 2.62. The van der Waals surface area contributed by atoms with Gasteiger partial charge in [0, 0.05) is 40.8 Å². The summed E-state index contributed by atoms with van der Waals surface area (Å²) in [6.45, 7) is 2.64. The Hall–Kier alpha value is -2.86. The van der Waals surface area contributed by atoms with Gasteiger partial charge in [-0.1, -0.05) is 0 Å². The van der Waals surface area contributed by atoms with E-state index in [-0.39, 0.29) is 18.3 Å². The Bertz CT molecular complexity index is 1390. The quantitative estimate of drug-likeness (QED) is 0.544. The number of aryl methyl sites for hydroxylation is 1. The van der Waals surface area contributed by atoms with Gasteiger partial charge in [-0.15, -0.1) is 0 Å². The van der Waals surface area contributed by atoms with Gasteiger partial charge < -0.3 is 24.3 Å². The summed E-state index contributed by atoms with van der Waals surface area (Å²) in [7, 11) is -0.697. The molecule has 0 spiro atoms. The highest BCUT2D eigenvalue weighted by Gasteiger charge is 2.49. The third-order valence-corrected chi connectivity index (χ3v) is 6.64. The number of halogens is 1. The molecule has 2 aliphatic heterocycles. The molecule has 0 unspecified atom stereocenters. The number of ether oxygens (including phenoxy) is 4. The number of hydrogen-bond donors (Lipinski definition) is 1. The minimum absolute atomic E-state index is 0.153. The third-order valence-electron chi connectivity index (χ3n) is 5.99. The molecule has 9 nitrogen and oxygen atoms in total. The van der Waals surface area contributed by atoms with Crippen LogP contribution >= 0.6 is 0 Å². The average molecular weight is 503 g/mol. The molecule has 0 bridgehead atoms. The van der Waals surface area contributed by atoms with Crippen molar-refractivity contribution in [2.24, 2.45) is 4.36 Å². The summed E-state index contributed by atoms with van der Waals surface area (Å²) in [6, 6.07) is 7.88. The number of anilines is 2. The topological polar surface area (TPSA) is 104 Å². The molecule has 2 aliphatic rings. The first-order valence-electron chi connectivity index (χ1n) is 11.1. The van der Waals surface area contributed by atoms with E-state index in [1.807, 2.05) is 13.0 Å². The zero-order chi connectivity index (χ0) is 24.7. The second-order valence-corrected chi connectivity index (χ2v) is 11.5. The lowest BCUT2D eigenvalue weighted by Crippen LogP contribution is -2.35. The van der Waals surface area contributed by atoms with Crippen LogP contribution in [0.25, 0.3) is 10.9 Å². The summed E-state index contributed by atoms with van der Waals surface area (Å²) in [5, 5.41) is 4.04. The number of aromatic nitrogens is 2. The lowest BCUT2D eigenvalue weighted by atomic mass is 10.1. The summed E-state index contributed by atoms with van der Waals surface area (Å²) in [4.78, 5) is 8.78. The molecule has 2 fully saturated rings. The molecule has 0 saturated carbocycles. The van der Waals surface area contributed by atoms with E-state index in [2.05, 4.69) is 19.6 Å². The fourth-order valence-corrected chi connectivity index (χ4v) is 5.11. The van der Waals surface area contributed by atoms with Crippen LogP contribution in [0.15, 0.2) is 41.0 Å². The zero-order valence-corrected chi connectivity index (χ0v) is 20.7. The number of nitrogens with one attached hydrogen (secondary N) is 1. The van der Waals surface area contributed by atoms with Crippen LogP contribution in [0.2, 0.25) is 0 Å². The smallest absolute Gasteiger partial charge is 0.151 e. The largest absolute Gasteiger partial charge is 0.483 e. The second-order valence-electron chi connectivity index (χ2n) is 8.94. The summed E-state index contributed by atoms with van der Waals surface area (Å²) < 4.78 is 53.9. The van der Waals surface area contributed by atoms with Crippen molar-refractivity contribution in [1.82, 2.24) is 9.97 Å². The maximum Gasteiger partial charge on any atom is 0.151 e. The Kier molecular flexibility index (Phi) is 6.34. The molecule has 1 N–H and O–H groups in total. The van der Waals surface area contributed by atoms with Crippen LogP contribution < -0.4 is 10.1 Å². The number of rotatable bonds is 6. The zero-order valence-electron chi connectivity index (χ0n) is 19.9. The highest BCUT2D eigenvalue weighted by atomic mass is 32.2. The summed E-state index contributed by atoms with van der Waals surface area (Å²) >= 11 is 0. The van der Waals surface area contributed by atoms with Gasteiger partial charge in [0.2, 0.25) is 0 Å². The average Bonchev–Trinajstić information content (AvgIpc) is 3.37. The van der Waals surface area contributed by atoms with E-state index in [1.165, 1.54) is 18.5 Å². The Morgan fingerprint density at radius 2 is 1.86 bits per heavy atom. The van der Waals surface area contributed by atoms with E-state index < -0.39 is 21.7 Å². The fourth-order valence-electron chi connectivity index (χ4n) is 4.49. The van der Waals surface area contributed by atoms with Gasteiger partial charge >= 0.3 is 0 Å². The molecule has 1 aromatic heterocycles. The lowest BCUT2D eigenvalue weighted by Gasteiger charge is -2.21. The van der Waals surface area contributed by atoms with Crippen LogP contribution in [-0.4, -0.2) is 71.4 Å². The Morgan fingerprint density at radius 3 is 2.60 bits per heavy atom. The SMILES string of the molecule is CO[C@@H]1CO[C@H]2[C@@H]1OC[C@H]2Oc1cc(F)ccc1Nc1ncnc2cc(N=S(C)(C)=O)cc(C)c12. The van der Waals surface area contributed by atoms with Crippen molar-refractivity contribution < 1.29 is 27.5 Å².